The van der Waals surface area contributed by atoms with Gasteiger partial charge in [-0.3, -0.25) is 0 Å². The summed E-state index contributed by atoms with van der Waals surface area (Å²) in [6, 6.07) is 6.37. The molecule has 0 fully saturated rings. The molecule has 0 bridgehead atoms. The first-order valence-electron chi connectivity index (χ1n) is 6.21. The molecular formula is C14H20ClFO2S. The number of halogens is 2. The van der Waals surface area contributed by atoms with Crippen LogP contribution < -0.4 is 0 Å². The van der Waals surface area contributed by atoms with Gasteiger partial charge in [0.25, 0.3) is 0 Å². The maximum Gasteiger partial charge on any atom is 0.155 e. The molecule has 0 saturated heterocycles. The van der Waals surface area contributed by atoms with Gasteiger partial charge in [-0.1, -0.05) is 18.2 Å². The van der Waals surface area contributed by atoms with Crippen LogP contribution in [-0.4, -0.2) is 24.8 Å². The minimum atomic E-state index is -3.20. The van der Waals surface area contributed by atoms with E-state index in [1.165, 1.54) is 6.07 Å². The van der Waals surface area contributed by atoms with Crippen LogP contribution in [0.5, 0.6) is 0 Å². The van der Waals surface area contributed by atoms with Gasteiger partial charge in [-0.25, -0.2) is 12.8 Å². The van der Waals surface area contributed by atoms with E-state index in [0.29, 0.717) is 12.0 Å². The van der Waals surface area contributed by atoms with Crippen molar-refractivity contribution in [3.8, 4) is 0 Å². The van der Waals surface area contributed by atoms with E-state index >= 15 is 0 Å². The van der Waals surface area contributed by atoms with Gasteiger partial charge >= 0.3 is 0 Å². The number of sulfone groups is 1. The Morgan fingerprint density at radius 1 is 1.26 bits per heavy atom. The molecule has 0 aromatic heterocycles. The fourth-order valence-electron chi connectivity index (χ4n) is 1.73. The first kappa shape index (κ1) is 16.4. The van der Waals surface area contributed by atoms with Crippen molar-refractivity contribution < 1.29 is 12.8 Å². The Bertz CT molecular complexity index is 520. The Kier molecular flexibility index (Phi) is 5.39. The SMILES string of the molecule is CC(C)(C)S(=O)(=O)CCC(CCl)c1ccccc1F. The predicted octanol–water partition coefficient (Wildman–Crippen LogP) is 3.75. The molecule has 0 N–H and O–H groups in total. The highest BCUT2D eigenvalue weighted by molar-refractivity contribution is 7.92. The van der Waals surface area contributed by atoms with E-state index in [2.05, 4.69) is 0 Å². The third kappa shape index (κ3) is 4.18. The van der Waals surface area contributed by atoms with E-state index in [0.717, 1.165) is 0 Å². The average molecular weight is 307 g/mol. The molecule has 1 atom stereocenters. The maximum atomic E-state index is 13.7. The Labute approximate surface area is 119 Å². The zero-order valence-electron chi connectivity index (χ0n) is 11.5. The summed E-state index contributed by atoms with van der Waals surface area (Å²) >= 11 is 5.86. The molecule has 0 aliphatic heterocycles. The van der Waals surface area contributed by atoms with Gasteiger partial charge in [0.15, 0.2) is 9.84 Å². The van der Waals surface area contributed by atoms with Crippen LogP contribution in [0.2, 0.25) is 0 Å². The summed E-state index contributed by atoms with van der Waals surface area (Å²) in [5, 5.41) is 0. The van der Waals surface area contributed by atoms with Crippen LogP contribution in [0.25, 0.3) is 0 Å². The van der Waals surface area contributed by atoms with Crippen LogP contribution in [0, 0.1) is 5.82 Å². The lowest BCUT2D eigenvalue weighted by atomic mass is 9.98. The maximum absolute atomic E-state index is 13.7. The Hall–Kier alpha value is -0.610. The van der Waals surface area contributed by atoms with E-state index in [1.807, 2.05) is 0 Å². The predicted molar refractivity (Wildman–Crippen MR) is 78.0 cm³/mol. The van der Waals surface area contributed by atoms with E-state index in [9.17, 15) is 12.8 Å². The second-order valence-electron chi connectivity index (χ2n) is 5.59. The minimum absolute atomic E-state index is 0.0161. The summed E-state index contributed by atoms with van der Waals surface area (Å²) in [6.45, 7) is 5.00. The van der Waals surface area contributed by atoms with Crippen molar-refractivity contribution in [1.82, 2.24) is 0 Å². The minimum Gasteiger partial charge on any atom is -0.228 e. The normalized spacial score (nSPS) is 14.4. The standard InChI is InChI=1S/C14H20ClFO2S/c1-14(2,3)19(17,18)9-8-11(10-15)12-6-4-5-7-13(12)16/h4-7,11H,8-10H2,1-3H3. The third-order valence-electron chi connectivity index (χ3n) is 3.20. The molecule has 2 nitrogen and oxygen atoms in total. The van der Waals surface area contributed by atoms with Crippen LogP contribution in [0.4, 0.5) is 4.39 Å². The van der Waals surface area contributed by atoms with Gasteiger partial charge in [-0.05, 0) is 38.8 Å². The van der Waals surface area contributed by atoms with E-state index in [1.54, 1.807) is 39.0 Å². The van der Waals surface area contributed by atoms with Crippen LogP contribution in [0.3, 0.4) is 0 Å². The molecule has 0 radical (unpaired) electrons. The highest BCUT2D eigenvalue weighted by Gasteiger charge is 2.29. The molecule has 0 aliphatic carbocycles. The lowest BCUT2D eigenvalue weighted by molar-refractivity contribution is 0.548. The van der Waals surface area contributed by atoms with Gasteiger partial charge in [-0.15, -0.1) is 11.6 Å². The van der Waals surface area contributed by atoms with Gasteiger partial charge < -0.3 is 0 Å². The van der Waals surface area contributed by atoms with Gasteiger partial charge in [0.1, 0.15) is 5.82 Å². The van der Waals surface area contributed by atoms with Crippen LogP contribution in [0.15, 0.2) is 24.3 Å². The first-order valence-corrected chi connectivity index (χ1v) is 8.40. The number of hydrogen-bond acceptors (Lipinski definition) is 2. The summed E-state index contributed by atoms with van der Waals surface area (Å²) < 4.78 is 37.0. The molecule has 0 saturated carbocycles. The van der Waals surface area contributed by atoms with Crippen molar-refractivity contribution in [1.29, 1.82) is 0 Å². The third-order valence-corrected chi connectivity index (χ3v) is 6.21. The van der Waals surface area contributed by atoms with Crippen molar-refractivity contribution in [3.63, 3.8) is 0 Å². The molecule has 19 heavy (non-hydrogen) atoms. The zero-order chi connectivity index (χ0) is 14.7. The Morgan fingerprint density at radius 2 is 1.84 bits per heavy atom. The molecule has 0 spiro atoms. The molecule has 0 aliphatic rings. The molecule has 5 heteroatoms. The molecular weight excluding hydrogens is 287 g/mol. The molecule has 0 heterocycles. The summed E-state index contributed by atoms with van der Waals surface area (Å²) in [5.41, 5.74) is 0.488. The molecule has 1 unspecified atom stereocenters. The Balaban J connectivity index is 2.84. The topological polar surface area (TPSA) is 34.1 Å². The van der Waals surface area contributed by atoms with Crippen molar-refractivity contribution in [2.75, 3.05) is 11.6 Å². The van der Waals surface area contributed by atoms with Crippen LogP contribution in [0.1, 0.15) is 38.7 Å². The van der Waals surface area contributed by atoms with Gasteiger partial charge in [0.2, 0.25) is 0 Å². The van der Waals surface area contributed by atoms with Crippen LogP contribution in [-0.2, 0) is 9.84 Å². The first-order chi connectivity index (χ1) is 8.69. The summed E-state index contributed by atoms with van der Waals surface area (Å²) in [7, 11) is -3.20. The molecule has 1 aromatic rings. The molecule has 1 aromatic carbocycles. The number of rotatable bonds is 5. The number of alkyl halides is 1. The highest BCUT2D eigenvalue weighted by Crippen LogP contribution is 2.26. The van der Waals surface area contributed by atoms with Crippen molar-refractivity contribution in [2.45, 2.75) is 37.9 Å². The van der Waals surface area contributed by atoms with Crippen molar-refractivity contribution >= 4 is 21.4 Å². The fourth-order valence-corrected chi connectivity index (χ4v) is 3.25. The lowest BCUT2D eigenvalue weighted by Crippen LogP contribution is -2.31. The lowest BCUT2D eigenvalue weighted by Gasteiger charge is -2.21. The van der Waals surface area contributed by atoms with Crippen molar-refractivity contribution in [2.24, 2.45) is 0 Å². The summed E-state index contributed by atoms with van der Waals surface area (Å²) in [6.07, 6.45) is 0.337. The molecule has 108 valence electrons. The quantitative estimate of drug-likeness (QED) is 0.776. The monoisotopic (exact) mass is 306 g/mol. The second kappa shape index (κ2) is 6.23. The second-order valence-corrected chi connectivity index (χ2v) is 8.76. The zero-order valence-corrected chi connectivity index (χ0v) is 13.1. The number of hydrogen-bond donors (Lipinski definition) is 0. The van der Waals surface area contributed by atoms with E-state index < -0.39 is 14.6 Å². The Morgan fingerprint density at radius 3 is 2.32 bits per heavy atom. The number of benzene rings is 1. The van der Waals surface area contributed by atoms with Crippen molar-refractivity contribution in [3.05, 3.63) is 35.6 Å². The van der Waals surface area contributed by atoms with Gasteiger partial charge in [0, 0.05) is 11.8 Å². The summed E-state index contributed by atoms with van der Waals surface area (Å²) in [5.74, 6) is -0.385. The van der Waals surface area contributed by atoms with E-state index in [4.69, 9.17) is 11.6 Å². The molecule has 0 amide bonds. The highest BCUT2D eigenvalue weighted by atomic mass is 35.5. The van der Waals surface area contributed by atoms with Gasteiger partial charge in [-0.2, -0.15) is 0 Å². The summed E-state index contributed by atoms with van der Waals surface area (Å²) in [4.78, 5) is 0. The van der Waals surface area contributed by atoms with Gasteiger partial charge in [0.05, 0.1) is 10.5 Å². The van der Waals surface area contributed by atoms with E-state index in [-0.39, 0.29) is 23.4 Å². The fraction of sp³-hybridized carbons (Fsp3) is 0.571. The smallest absolute Gasteiger partial charge is 0.155 e. The largest absolute Gasteiger partial charge is 0.228 e. The molecule has 1 rings (SSSR count). The average Bonchev–Trinajstić information content (AvgIpc) is 2.30. The van der Waals surface area contributed by atoms with Crippen LogP contribution >= 0.6 is 11.6 Å².